The second-order valence-corrected chi connectivity index (χ2v) is 9.63. The Morgan fingerprint density at radius 3 is 2.35 bits per heavy atom. The molecular weight excluding hydrogens is 540 g/mol. The monoisotopic (exact) mass is 552 g/mol. The number of hydrogen-bond acceptors (Lipinski definition) is 4. The lowest BCUT2D eigenvalue weighted by Gasteiger charge is -2.16. The van der Waals surface area contributed by atoms with Gasteiger partial charge >= 0.3 is 6.18 Å². The van der Waals surface area contributed by atoms with E-state index in [9.17, 15) is 26.4 Å². The van der Waals surface area contributed by atoms with Gasteiger partial charge in [0.1, 0.15) is 16.4 Å². The fraction of sp³-hybridized carbons (Fsp3) is 0.0952. The summed E-state index contributed by atoms with van der Waals surface area (Å²) in [6.07, 6.45) is -5.55. The number of ether oxygens (including phenoxy) is 1. The van der Waals surface area contributed by atoms with Gasteiger partial charge in [0.05, 0.1) is 22.0 Å². The number of amides is 1. The van der Waals surface area contributed by atoms with Crippen LogP contribution in [0.25, 0.3) is 0 Å². The van der Waals surface area contributed by atoms with Crippen LogP contribution in [-0.2, 0) is 27.4 Å². The van der Waals surface area contributed by atoms with Crippen molar-refractivity contribution < 1.29 is 31.1 Å². The number of benzene rings is 3. The standard InChI is InChI=1S/C21H14Cl3F3N2O4S/c22-11-2-1-3-13(8-11)33-17-7-4-12(9-18(17)34(28,31)32)29-19(30)10-14-15(21(25,26)27)5-6-16(23)20(14)24/h1-9H,10H2,(H,29,30)(H2,28,31,32). The fourth-order valence-electron chi connectivity index (χ4n) is 2.95. The van der Waals surface area contributed by atoms with Crippen molar-refractivity contribution in [1.82, 2.24) is 0 Å². The van der Waals surface area contributed by atoms with E-state index in [1.54, 1.807) is 12.1 Å². The molecule has 0 heterocycles. The minimum absolute atomic E-state index is 0.0563. The van der Waals surface area contributed by atoms with Crippen molar-refractivity contribution >= 4 is 56.4 Å². The SMILES string of the molecule is NS(=O)(=O)c1cc(NC(=O)Cc2c(C(F)(F)F)ccc(Cl)c2Cl)ccc1Oc1cccc(Cl)c1. The van der Waals surface area contributed by atoms with Gasteiger partial charge in [-0.1, -0.05) is 40.9 Å². The molecule has 0 atom stereocenters. The molecule has 0 fully saturated rings. The first-order valence-corrected chi connectivity index (χ1v) is 11.9. The second-order valence-electron chi connectivity index (χ2n) is 6.88. The van der Waals surface area contributed by atoms with Crippen LogP contribution >= 0.6 is 34.8 Å². The molecule has 6 nitrogen and oxygen atoms in total. The Labute approximate surface area is 207 Å². The Morgan fingerprint density at radius 2 is 1.74 bits per heavy atom. The second kappa shape index (κ2) is 10.0. The summed E-state index contributed by atoms with van der Waals surface area (Å²) in [6, 6.07) is 11.4. The first-order valence-electron chi connectivity index (χ1n) is 9.20. The van der Waals surface area contributed by atoms with Gasteiger partial charge in [-0.05, 0) is 54.1 Å². The highest BCUT2D eigenvalue weighted by Crippen LogP contribution is 2.38. The van der Waals surface area contributed by atoms with Crippen LogP contribution in [0.15, 0.2) is 59.5 Å². The van der Waals surface area contributed by atoms with Crippen molar-refractivity contribution in [3.05, 3.63) is 80.8 Å². The highest BCUT2D eigenvalue weighted by Gasteiger charge is 2.35. The molecule has 0 aliphatic rings. The van der Waals surface area contributed by atoms with Gasteiger partial charge in [0, 0.05) is 10.7 Å². The van der Waals surface area contributed by atoms with Gasteiger partial charge in [0.25, 0.3) is 0 Å². The number of primary sulfonamides is 1. The maximum absolute atomic E-state index is 13.3. The van der Waals surface area contributed by atoms with Crippen LogP contribution in [0.3, 0.4) is 0 Å². The first-order chi connectivity index (χ1) is 15.8. The molecule has 3 rings (SSSR count). The predicted molar refractivity (Wildman–Crippen MR) is 123 cm³/mol. The summed E-state index contributed by atoms with van der Waals surface area (Å²) in [7, 11) is -4.32. The van der Waals surface area contributed by atoms with E-state index < -0.39 is 49.6 Å². The molecule has 0 aliphatic heterocycles. The number of anilines is 1. The summed E-state index contributed by atoms with van der Waals surface area (Å²) < 4.78 is 69.7. The van der Waals surface area contributed by atoms with E-state index in [1.165, 1.54) is 24.3 Å². The van der Waals surface area contributed by atoms with Gasteiger partial charge in [0.2, 0.25) is 15.9 Å². The molecule has 0 saturated carbocycles. The number of hydrogen-bond donors (Lipinski definition) is 2. The van der Waals surface area contributed by atoms with E-state index in [-0.39, 0.29) is 22.2 Å². The zero-order chi connectivity index (χ0) is 25.3. The summed E-state index contributed by atoms with van der Waals surface area (Å²) in [6.45, 7) is 0. The minimum Gasteiger partial charge on any atom is -0.456 e. The van der Waals surface area contributed by atoms with Crippen LogP contribution in [0.4, 0.5) is 18.9 Å². The quantitative estimate of drug-likeness (QED) is 0.375. The van der Waals surface area contributed by atoms with Crippen molar-refractivity contribution in [3.8, 4) is 11.5 Å². The summed E-state index contributed by atoms with van der Waals surface area (Å²) >= 11 is 17.6. The first kappa shape index (κ1) is 26.1. The Hall–Kier alpha value is -2.50. The average Bonchev–Trinajstić information content (AvgIpc) is 2.71. The van der Waals surface area contributed by atoms with Gasteiger partial charge in [-0.25, -0.2) is 13.6 Å². The highest BCUT2D eigenvalue weighted by molar-refractivity contribution is 7.89. The molecule has 3 N–H and O–H groups in total. The molecule has 0 saturated heterocycles. The molecule has 0 aliphatic carbocycles. The van der Waals surface area contributed by atoms with Crippen LogP contribution in [0.2, 0.25) is 15.1 Å². The van der Waals surface area contributed by atoms with E-state index >= 15 is 0 Å². The van der Waals surface area contributed by atoms with E-state index in [0.717, 1.165) is 18.2 Å². The molecule has 0 spiro atoms. The van der Waals surface area contributed by atoms with Gasteiger partial charge in [-0.15, -0.1) is 0 Å². The Bertz CT molecular complexity index is 1370. The van der Waals surface area contributed by atoms with Crippen LogP contribution in [-0.4, -0.2) is 14.3 Å². The number of carbonyl (C=O) groups is 1. The van der Waals surface area contributed by atoms with E-state index in [4.69, 9.17) is 44.7 Å². The molecule has 34 heavy (non-hydrogen) atoms. The lowest BCUT2D eigenvalue weighted by atomic mass is 10.0. The van der Waals surface area contributed by atoms with Gasteiger partial charge in [-0.2, -0.15) is 13.2 Å². The predicted octanol–water partition coefficient (Wildman–Crippen LogP) is 6.29. The van der Waals surface area contributed by atoms with Crippen LogP contribution in [0.5, 0.6) is 11.5 Å². The Balaban J connectivity index is 1.89. The number of rotatable bonds is 6. The van der Waals surface area contributed by atoms with Crippen molar-refractivity contribution in [3.63, 3.8) is 0 Å². The van der Waals surface area contributed by atoms with Crippen molar-refractivity contribution in [2.75, 3.05) is 5.32 Å². The van der Waals surface area contributed by atoms with E-state index in [1.807, 2.05) is 0 Å². The molecule has 0 radical (unpaired) electrons. The molecule has 0 aromatic heterocycles. The van der Waals surface area contributed by atoms with Gasteiger partial charge in [-0.3, -0.25) is 4.79 Å². The van der Waals surface area contributed by atoms with E-state index in [0.29, 0.717) is 5.02 Å². The third-order valence-corrected chi connectivity index (χ3v) is 6.41. The largest absolute Gasteiger partial charge is 0.456 e. The summed E-state index contributed by atoms with van der Waals surface area (Å²) in [5.41, 5.74) is -1.70. The number of halogens is 6. The zero-order valence-corrected chi connectivity index (χ0v) is 19.9. The normalized spacial score (nSPS) is 11.9. The van der Waals surface area contributed by atoms with Crippen LogP contribution in [0.1, 0.15) is 11.1 Å². The Kier molecular flexibility index (Phi) is 7.69. The molecular formula is C21H14Cl3F3N2O4S. The van der Waals surface area contributed by atoms with Crippen molar-refractivity contribution in [2.45, 2.75) is 17.5 Å². The smallest absolute Gasteiger partial charge is 0.416 e. The topological polar surface area (TPSA) is 98.5 Å². The van der Waals surface area contributed by atoms with Crippen LogP contribution in [0, 0.1) is 0 Å². The third kappa shape index (κ3) is 6.34. The maximum Gasteiger partial charge on any atom is 0.416 e. The Morgan fingerprint density at radius 1 is 1.03 bits per heavy atom. The molecule has 3 aromatic rings. The van der Waals surface area contributed by atoms with Gasteiger partial charge in [0.15, 0.2) is 0 Å². The highest BCUT2D eigenvalue weighted by atomic mass is 35.5. The number of alkyl halides is 3. The average molecular weight is 554 g/mol. The number of nitrogens with two attached hydrogens (primary N) is 1. The zero-order valence-electron chi connectivity index (χ0n) is 16.8. The maximum atomic E-state index is 13.3. The summed E-state index contributed by atoms with van der Waals surface area (Å²) in [5, 5.41) is 7.36. The molecule has 180 valence electrons. The minimum atomic E-state index is -4.77. The summed E-state index contributed by atoms with van der Waals surface area (Å²) in [4.78, 5) is 12.0. The number of carbonyl (C=O) groups excluding carboxylic acids is 1. The fourth-order valence-corrected chi connectivity index (χ4v) is 4.22. The van der Waals surface area contributed by atoms with Crippen LogP contribution < -0.4 is 15.2 Å². The molecule has 3 aromatic carbocycles. The molecule has 0 bridgehead atoms. The summed E-state index contributed by atoms with van der Waals surface area (Å²) in [5.74, 6) is -0.831. The van der Waals surface area contributed by atoms with E-state index in [2.05, 4.69) is 5.32 Å². The third-order valence-electron chi connectivity index (χ3n) is 4.40. The van der Waals surface area contributed by atoms with Gasteiger partial charge < -0.3 is 10.1 Å². The molecule has 0 unspecified atom stereocenters. The number of sulfonamides is 1. The molecule has 1 amide bonds. The number of nitrogens with one attached hydrogen (secondary N) is 1. The lowest BCUT2D eigenvalue weighted by molar-refractivity contribution is -0.138. The molecule has 13 heteroatoms. The van der Waals surface area contributed by atoms with Crippen molar-refractivity contribution in [2.24, 2.45) is 5.14 Å². The van der Waals surface area contributed by atoms with Crippen molar-refractivity contribution in [1.29, 1.82) is 0 Å². The lowest BCUT2D eigenvalue weighted by Crippen LogP contribution is -2.19.